The van der Waals surface area contributed by atoms with Gasteiger partial charge in [-0.1, -0.05) is 6.92 Å². The first kappa shape index (κ1) is 8.15. The molecule has 0 bridgehead atoms. The third kappa shape index (κ3) is 3.19. The maximum Gasteiger partial charge on any atom is 0.213 e. The Kier molecular flexibility index (Phi) is 3.29. The van der Waals surface area contributed by atoms with E-state index in [-0.39, 0.29) is 6.29 Å². The zero-order valence-electron chi connectivity index (χ0n) is 5.22. The van der Waals surface area contributed by atoms with Gasteiger partial charge in [-0.05, 0) is 7.05 Å². The fraction of sp³-hybridized carbons (Fsp3) is 1.00. The highest BCUT2D eigenvalue weighted by Crippen LogP contribution is 2.37. The van der Waals surface area contributed by atoms with Gasteiger partial charge in [0.15, 0.2) is 0 Å². The van der Waals surface area contributed by atoms with Crippen molar-refractivity contribution in [3.05, 3.63) is 0 Å². The normalized spacial score (nSPS) is 17.9. The number of hydrogen-bond donors (Lipinski definition) is 2. The van der Waals surface area contributed by atoms with Crippen molar-refractivity contribution < 1.29 is 9.46 Å². The van der Waals surface area contributed by atoms with Gasteiger partial charge in [-0.25, -0.2) is 0 Å². The first-order valence-electron chi connectivity index (χ1n) is 2.58. The van der Waals surface area contributed by atoms with E-state index < -0.39 is 7.37 Å². The molecule has 0 fully saturated rings. The van der Waals surface area contributed by atoms with Crippen LogP contribution in [-0.4, -0.2) is 24.4 Å². The van der Waals surface area contributed by atoms with Crippen LogP contribution in [0, 0.1) is 0 Å². The van der Waals surface area contributed by atoms with E-state index >= 15 is 0 Å². The smallest absolute Gasteiger partial charge is 0.213 e. The van der Waals surface area contributed by atoms with Gasteiger partial charge >= 0.3 is 0 Å². The molecule has 0 aliphatic heterocycles. The lowest BCUT2D eigenvalue weighted by molar-refractivity contribution is 0.475. The Morgan fingerprint density at radius 1 is 1.75 bits per heavy atom. The molecule has 0 rings (SSSR count). The molecule has 0 heterocycles. The van der Waals surface area contributed by atoms with Gasteiger partial charge in [0.05, 0.1) is 6.29 Å². The van der Waals surface area contributed by atoms with Gasteiger partial charge in [0.2, 0.25) is 7.37 Å². The number of hydrogen-bond acceptors (Lipinski definition) is 2. The van der Waals surface area contributed by atoms with Crippen molar-refractivity contribution in [3.8, 4) is 0 Å². The maximum absolute atomic E-state index is 10.7. The molecule has 0 saturated heterocycles. The molecule has 0 radical (unpaired) electrons. The van der Waals surface area contributed by atoms with Crippen molar-refractivity contribution in [1.29, 1.82) is 0 Å². The quantitative estimate of drug-likeness (QED) is 0.555. The topological polar surface area (TPSA) is 49.3 Å². The van der Waals surface area contributed by atoms with E-state index in [1.807, 2.05) is 0 Å². The first-order chi connectivity index (χ1) is 3.62. The summed E-state index contributed by atoms with van der Waals surface area (Å²) < 4.78 is 10.7. The van der Waals surface area contributed by atoms with Gasteiger partial charge in [0.1, 0.15) is 0 Å². The van der Waals surface area contributed by atoms with Crippen molar-refractivity contribution >= 4 is 7.37 Å². The van der Waals surface area contributed by atoms with Crippen LogP contribution in [0.2, 0.25) is 0 Å². The summed E-state index contributed by atoms with van der Waals surface area (Å²) in [6.45, 7) is 1.71. The molecule has 50 valence electrons. The average molecular weight is 137 g/mol. The maximum atomic E-state index is 10.7. The molecule has 8 heavy (non-hydrogen) atoms. The molecule has 3 nitrogen and oxygen atoms in total. The van der Waals surface area contributed by atoms with Crippen LogP contribution >= 0.6 is 7.37 Å². The molecule has 0 aromatic rings. The molecule has 1 unspecified atom stereocenters. The van der Waals surface area contributed by atoms with Crippen molar-refractivity contribution in [2.24, 2.45) is 0 Å². The van der Waals surface area contributed by atoms with Gasteiger partial charge in [-0.15, -0.1) is 0 Å². The molecule has 0 aromatic carbocycles. The second-order valence-corrected chi connectivity index (χ2v) is 4.32. The van der Waals surface area contributed by atoms with Crippen LogP contribution in [0.4, 0.5) is 0 Å². The summed E-state index contributed by atoms with van der Waals surface area (Å²) >= 11 is 0. The van der Waals surface area contributed by atoms with Crippen LogP contribution < -0.4 is 5.32 Å². The minimum Gasteiger partial charge on any atom is -0.343 e. The molecule has 4 heteroatoms. The predicted octanol–water partition coefficient (Wildman–Crippen LogP) is 0.454. The van der Waals surface area contributed by atoms with Gasteiger partial charge in [0, 0.05) is 6.16 Å². The largest absolute Gasteiger partial charge is 0.343 e. The molecular weight excluding hydrogens is 125 g/mol. The monoisotopic (exact) mass is 137 g/mol. The highest BCUT2D eigenvalue weighted by atomic mass is 31.2. The molecule has 1 atom stereocenters. The summed E-state index contributed by atoms with van der Waals surface area (Å²) in [4.78, 5) is 8.82. The minimum absolute atomic E-state index is 0.226. The zero-order valence-corrected chi connectivity index (χ0v) is 6.11. The molecule has 0 aliphatic rings. The second-order valence-electron chi connectivity index (χ2n) is 1.67. The highest BCUT2D eigenvalue weighted by Gasteiger charge is 2.11. The van der Waals surface area contributed by atoms with Crippen LogP contribution in [0.25, 0.3) is 0 Å². The van der Waals surface area contributed by atoms with E-state index in [9.17, 15) is 4.57 Å². The molecular formula is C4H12NO2P. The molecule has 0 aliphatic carbocycles. The third-order valence-electron chi connectivity index (χ3n) is 0.899. The molecule has 0 amide bonds. The Labute approximate surface area is 49.6 Å². The Hall–Kier alpha value is 0.150. The fourth-order valence-electron chi connectivity index (χ4n) is 0.359. The first-order valence-corrected chi connectivity index (χ1v) is 4.61. The molecule has 0 spiro atoms. The van der Waals surface area contributed by atoms with Crippen molar-refractivity contribution in [1.82, 2.24) is 5.32 Å². The molecule has 0 aromatic heterocycles. The SMILES string of the molecule is CCP(=O)(O)CNC. The van der Waals surface area contributed by atoms with Gasteiger partial charge in [0.25, 0.3) is 0 Å². The van der Waals surface area contributed by atoms with Gasteiger partial charge in [-0.3, -0.25) is 4.57 Å². The lowest BCUT2D eigenvalue weighted by atomic mass is 11.0. The molecule has 2 N–H and O–H groups in total. The van der Waals surface area contributed by atoms with Crippen LogP contribution in [0.3, 0.4) is 0 Å². The molecule has 0 saturated carbocycles. The lowest BCUT2D eigenvalue weighted by Crippen LogP contribution is -2.08. The summed E-state index contributed by atoms with van der Waals surface area (Å²) in [6, 6.07) is 0. The summed E-state index contributed by atoms with van der Waals surface area (Å²) in [6.07, 6.45) is 0.581. The zero-order chi connectivity index (χ0) is 6.62. The van der Waals surface area contributed by atoms with E-state index in [0.717, 1.165) is 0 Å². The van der Waals surface area contributed by atoms with E-state index in [2.05, 4.69) is 5.32 Å². The fourth-order valence-corrected chi connectivity index (χ4v) is 1.08. The lowest BCUT2D eigenvalue weighted by Gasteiger charge is -2.05. The summed E-state index contributed by atoms with van der Waals surface area (Å²) in [5, 5.41) is 2.65. The van der Waals surface area contributed by atoms with Crippen molar-refractivity contribution in [2.75, 3.05) is 19.5 Å². The van der Waals surface area contributed by atoms with E-state index in [1.165, 1.54) is 0 Å². The standard InChI is InChI=1S/C4H12NO2P/c1-3-8(6,7)4-5-2/h5H,3-4H2,1-2H3,(H,6,7). The Bertz CT molecular complexity index is 104. The minimum atomic E-state index is -2.78. The predicted molar refractivity (Wildman–Crippen MR) is 34.3 cm³/mol. The second kappa shape index (κ2) is 3.23. The Morgan fingerprint density at radius 3 is 2.38 bits per heavy atom. The van der Waals surface area contributed by atoms with Gasteiger partial charge in [-0.2, -0.15) is 0 Å². The third-order valence-corrected chi connectivity index (χ3v) is 2.70. The van der Waals surface area contributed by atoms with Crippen molar-refractivity contribution in [3.63, 3.8) is 0 Å². The van der Waals surface area contributed by atoms with E-state index in [1.54, 1.807) is 14.0 Å². The summed E-state index contributed by atoms with van der Waals surface area (Å²) in [5.74, 6) is 0. The Morgan fingerprint density at radius 2 is 2.25 bits per heavy atom. The van der Waals surface area contributed by atoms with Crippen molar-refractivity contribution in [2.45, 2.75) is 6.92 Å². The van der Waals surface area contributed by atoms with Crippen LogP contribution in [0.5, 0.6) is 0 Å². The number of nitrogens with one attached hydrogen (secondary N) is 1. The van der Waals surface area contributed by atoms with Crippen LogP contribution in [-0.2, 0) is 4.57 Å². The summed E-state index contributed by atoms with van der Waals surface area (Å²) in [7, 11) is -1.12. The van der Waals surface area contributed by atoms with E-state index in [4.69, 9.17) is 4.89 Å². The summed E-state index contributed by atoms with van der Waals surface area (Å²) in [5.41, 5.74) is 0. The highest BCUT2D eigenvalue weighted by molar-refractivity contribution is 7.57. The Balaban J connectivity index is 3.55. The number of rotatable bonds is 3. The van der Waals surface area contributed by atoms with E-state index in [0.29, 0.717) is 6.16 Å². The van der Waals surface area contributed by atoms with Crippen LogP contribution in [0.1, 0.15) is 6.92 Å². The average Bonchev–Trinajstić information content (AvgIpc) is 1.67. The van der Waals surface area contributed by atoms with Crippen LogP contribution in [0.15, 0.2) is 0 Å². The van der Waals surface area contributed by atoms with Gasteiger partial charge < -0.3 is 10.2 Å².